The van der Waals surface area contributed by atoms with Gasteiger partial charge in [-0.05, 0) is 87.3 Å². The summed E-state index contributed by atoms with van der Waals surface area (Å²) >= 11 is 0. The van der Waals surface area contributed by atoms with Crippen LogP contribution in [-0.4, -0.2) is 27.0 Å². The van der Waals surface area contributed by atoms with Crippen LogP contribution in [0.5, 0.6) is 5.75 Å². The first-order valence-electron chi connectivity index (χ1n) is 11.0. The molecule has 2 aliphatic carbocycles. The largest absolute Gasteiger partial charge is 0.494 e. The van der Waals surface area contributed by atoms with Gasteiger partial charge in [-0.25, -0.2) is 8.42 Å². The van der Waals surface area contributed by atoms with E-state index >= 15 is 0 Å². The van der Waals surface area contributed by atoms with Crippen LogP contribution >= 0.6 is 0 Å². The van der Waals surface area contributed by atoms with E-state index in [0.29, 0.717) is 29.8 Å². The number of nitrogens with one attached hydrogen (secondary N) is 2. The van der Waals surface area contributed by atoms with Gasteiger partial charge in [0.15, 0.2) is 0 Å². The molecule has 0 aliphatic heterocycles. The molecule has 1 amide bonds. The Balaban J connectivity index is 1.48. The fourth-order valence-corrected chi connectivity index (χ4v) is 6.23. The number of para-hydroxylation sites is 1. The molecule has 2 fully saturated rings. The summed E-state index contributed by atoms with van der Waals surface area (Å²) in [4.78, 5) is 13.1. The first-order valence-corrected chi connectivity index (χ1v) is 12.5. The number of carbonyl (C=O) groups excluding carboxylic acids is 1. The van der Waals surface area contributed by atoms with Crippen LogP contribution in [0.25, 0.3) is 0 Å². The van der Waals surface area contributed by atoms with Crippen LogP contribution in [0.2, 0.25) is 0 Å². The molecular weight excluding hydrogens is 412 g/mol. The van der Waals surface area contributed by atoms with Crippen molar-refractivity contribution >= 4 is 21.6 Å². The predicted molar refractivity (Wildman–Crippen MR) is 121 cm³/mol. The second kappa shape index (κ2) is 8.91. The minimum Gasteiger partial charge on any atom is -0.494 e. The van der Waals surface area contributed by atoms with Crippen molar-refractivity contribution in [2.24, 2.45) is 17.8 Å². The van der Waals surface area contributed by atoms with Gasteiger partial charge in [0.05, 0.1) is 22.8 Å². The molecule has 0 heterocycles. The van der Waals surface area contributed by atoms with Crippen molar-refractivity contribution in [3.05, 3.63) is 54.1 Å². The van der Waals surface area contributed by atoms with Gasteiger partial charge in [0, 0.05) is 6.04 Å². The lowest BCUT2D eigenvalue weighted by Gasteiger charge is -2.28. The topological polar surface area (TPSA) is 84.5 Å². The summed E-state index contributed by atoms with van der Waals surface area (Å²) < 4.78 is 33.7. The minimum atomic E-state index is -3.84. The molecule has 2 N–H and O–H groups in total. The Morgan fingerprint density at radius 3 is 2.48 bits per heavy atom. The molecule has 2 bridgehead atoms. The average molecular weight is 443 g/mol. The number of sulfonamides is 1. The van der Waals surface area contributed by atoms with E-state index in [0.717, 1.165) is 5.92 Å². The van der Waals surface area contributed by atoms with Crippen molar-refractivity contribution < 1.29 is 17.9 Å². The lowest BCUT2D eigenvalue weighted by atomic mass is 9.84. The van der Waals surface area contributed by atoms with E-state index in [-0.39, 0.29) is 22.5 Å². The number of hydrogen-bond donors (Lipinski definition) is 2. The predicted octanol–water partition coefficient (Wildman–Crippen LogP) is 4.44. The standard InChI is InChI=1S/C24H30N2O4S/c1-3-30-19-10-12-20(13-11-19)31(28,29)26-23-7-5-4-6-21(23)24(27)25-16(2)22-15-17-8-9-18(22)14-17/h4-7,10-13,16-18,22,26H,3,8-9,14-15H2,1-2H3,(H,25,27). The van der Waals surface area contributed by atoms with Gasteiger partial charge in [-0.3, -0.25) is 9.52 Å². The molecule has 0 saturated heterocycles. The first-order chi connectivity index (χ1) is 14.9. The lowest BCUT2D eigenvalue weighted by molar-refractivity contribution is 0.0916. The quantitative estimate of drug-likeness (QED) is 0.633. The molecule has 0 radical (unpaired) electrons. The normalized spacial score (nSPS) is 23.4. The Kier molecular flexibility index (Phi) is 6.23. The smallest absolute Gasteiger partial charge is 0.261 e. The van der Waals surface area contributed by atoms with E-state index in [2.05, 4.69) is 17.0 Å². The van der Waals surface area contributed by atoms with Gasteiger partial charge >= 0.3 is 0 Å². The molecule has 2 aliphatic rings. The Hall–Kier alpha value is -2.54. The molecular formula is C24H30N2O4S. The maximum Gasteiger partial charge on any atom is 0.261 e. The summed E-state index contributed by atoms with van der Waals surface area (Å²) in [5.41, 5.74) is 0.598. The monoisotopic (exact) mass is 442 g/mol. The third-order valence-corrected chi connectivity index (χ3v) is 8.04. The Bertz CT molecular complexity index is 1040. The highest BCUT2D eigenvalue weighted by Gasteiger charge is 2.42. The van der Waals surface area contributed by atoms with Crippen LogP contribution < -0.4 is 14.8 Å². The number of benzene rings is 2. The van der Waals surface area contributed by atoms with E-state index in [1.54, 1.807) is 36.4 Å². The van der Waals surface area contributed by atoms with Gasteiger partial charge < -0.3 is 10.1 Å². The molecule has 0 aromatic heterocycles. The summed E-state index contributed by atoms with van der Waals surface area (Å²) in [6.45, 7) is 4.44. The zero-order valence-corrected chi connectivity index (χ0v) is 18.8. The van der Waals surface area contributed by atoms with Crippen LogP contribution in [0.3, 0.4) is 0 Å². The number of fused-ring (bicyclic) bond motifs is 2. The third kappa shape index (κ3) is 4.71. The molecule has 0 spiro atoms. The molecule has 4 unspecified atom stereocenters. The number of carbonyl (C=O) groups is 1. The van der Waals surface area contributed by atoms with Crippen molar-refractivity contribution in [1.29, 1.82) is 0 Å². The Morgan fingerprint density at radius 1 is 1.10 bits per heavy atom. The molecule has 2 saturated carbocycles. The zero-order chi connectivity index (χ0) is 22.0. The van der Waals surface area contributed by atoms with Crippen LogP contribution in [-0.2, 0) is 10.0 Å². The van der Waals surface area contributed by atoms with Gasteiger partial charge in [-0.2, -0.15) is 0 Å². The van der Waals surface area contributed by atoms with Crippen molar-refractivity contribution in [1.82, 2.24) is 5.32 Å². The van der Waals surface area contributed by atoms with E-state index in [4.69, 9.17) is 4.74 Å². The number of rotatable bonds is 8. The maximum absolute atomic E-state index is 13.0. The molecule has 2 aromatic carbocycles. The van der Waals surface area contributed by atoms with E-state index < -0.39 is 10.0 Å². The highest BCUT2D eigenvalue weighted by atomic mass is 32.2. The fraction of sp³-hybridized carbons (Fsp3) is 0.458. The molecule has 4 atom stereocenters. The average Bonchev–Trinajstić information content (AvgIpc) is 3.38. The number of anilines is 1. The van der Waals surface area contributed by atoms with Gasteiger partial charge in [0.1, 0.15) is 5.75 Å². The van der Waals surface area contributed by atoms with Crippen LogP contribution in [0.1, 0.15) is 49.9 Å². The summed E-state index contributed by atoms with van der Waals surface area (Å²) in [5, 5.41) is 3.12. The summed E-state index contributed by atoms with van der Waals surface area (Å²) in [5.74, 6) is 2.38. The molecule has 4 rings (SSSR count). The van der Waals surface area contributed by atoms with Crippen LogP contribution in [0.15, 0.2) is 53.4 Å². The molecule has 6 nitrogen and oxygen atoms in total. The third-order valence-electron chi connectivity index (χ3n) is 6.65. The molecule has 2 aromatic rings. The molecule has 166 valence electrons. The molecule has 31 heavy (non-hydrogen) atoms. The van der Waals surface area contributed by atoms with Gasteiger partial charge in [-0.15, -0.1) is 0 Å². The number of ether oxygens (including phenoxy) is 1. The highest BCUT2D eigenvalue weighted by molar-refractivity contribution is 7.92. The van der Waals surface area contributed by atoms with Gasteiger partial charge in [-0.1, -0.05) is 18.6 Å². The maximum atomic E-state index is 13.0. The van der Waals surface area contributed by atoms with E-state index in [1.807, 2.05) is 6.92 Å². The van der Waals surface area contributed by atoms with E-state index in [9.17, 15) is 13.2 Å². The minimum absolute atomic E-state index is 0.0681. The SMILES string of the molecule is CCOc1ccc(S(=O)(=O)Nc2ccccc2C(=O)NC(C)C2CC3CCC2C3)cc1. The van der Waals surface area contributed by atoms with E-state index in [1.165, 1.54) is 37.8 Å². The number of amides is 1. The first kappa shape index (κ1) is 21.7. The van der Waals surface area contributed by atoms with Gasteiger partial charge in [0.2, 0.25) is 0 Å². The second-order valence-electron chi connectivity index (χ2n) is 8.66. The highest BCUT2D eigenvalue weighted by Crippen LogP contribution is 2.49. The van der Waals surface area contributed by atoms with Crippen molar-refractivity contribution in [2.45, 2.75) is 50.5 Å². The second-order valence-corrected chi connectivity index (χ2v) is 10.3. The lowest BCUT2D eigenvalue weighted by Crippen LogP contribution is -2.40. The Labute approximate surface area is 184 Å². The summed E-state index contributed by atoms with van der Waals surface area (Å²) in [7, 11) is -3.84. The fourth-order valence-electron chi connectivity index (χ4n) is 5.15. The Morgan fingerprint density at radius 2 is 1.84 bits per heavy atom. The summed E-state index contributed by atoms with van der Waals surface area (Å²) in [6, 6.07) is 13.0. The summed E-state index contributed by atoms with van der Waals surface area (Å²) in [6.07, 6.45) is 5.04. The van der Waals surface area contributed by atoms with Crippen LogP contribution in [0.4, 0.5) is 5.69 Å². The number of hydrogen-bond acceptors (Lipinski definition) is 4. The van der Waals surface area contributed by atoms with Crippen molar-refractivity contribution in [3.63, 3.8) is 0 Å². The van der Waals surface area contributed by atoms with Crippen molar-refractivity contribution in [2.75, 3.05) is 11.3 Å². The molecule has 7 heteroatoms. The van der Waals surface area contributed by atoms with Crippen molar-refractivity contribution in [3.8, 4) is 5.75 Å². The zero-order valence-electron chi connectivity index (χ0n) is 18.0. The van der Waals surface area contributed by atoms with Gasteiger partial charge in [0.25, 0.3) is 15.9 Å². The van der Waals surface area contributed by atoms with Crippen LogP contribution in [0, 0.1) is 17.8 Å².